The fourth-order valence-corrected chi connectivity index (χ4v) is 9.02. The zero-order chi connectivity index (χ0) is 31.0. The van der Waals surface area contributed by atoms with Crippen LogP contribution in [0.2, 0.25) is 0 Å². The Balaban J connectivity index is 1.02. The van der Waals surface area contributed by atoms with Crippen molar-refractivity contribution in [3.63, 3.8) is 0 Å². The lowest BCUT2D eigenvalue weighted by molar-refractivity contribution is -0.143. The van der Waals surface area contributed by atoms with Crippen molar-refractivity contribution in [2.24, 2.45) is 16.5 Å². The Kier molecular flexibility index (Phi) is 8.74. The Morgan fingerprint density at radius 1 is 1.07 bits per heavy atom. The number of likely N-dealkylation sites (tertiary alicyclic amines) is 1. The molecule has 0 amide bonds. The first-order valence-corrected chi connectivity index (χ1v) is 18.7. The third-order valence-corrected chi connectivity index (χ3v) is 12.4. The number of hydrogen-bond donors (Lipinski definition) is 3. The molecular formula is C35H44N4O4S2. The van der Waals surface area contributed by atoms with E-state index in [9.17, 15) is 8.42 Å². The average molecular weight is 649 g/mol. The van der Waals surface area contributed by atoms with Gasteiger partial charge in [-0.25, -0.2) is 13.6 Å². The second kappa shape index (κ2) is 12.8. The zero-order valence-electron chi connectivity index (χ0n) is 26.1. The SMILES string of the molecule is COc1cc(S(N)(=O)=O)ccc1NCC#Cc1sc2c(NC3CCC(N4CCC5(CC4)COC5)CC3)cccc2c1CC1CC1. The normalized spacial score (nSPS) is 23.2. The first-order chi connectivity index (χ1) is 21.8. The van der Waals surface area contributed by atoms with Crippen LogP contribution in [0.3, 0.4) is 0 Å². The Hall–Kier alpha value is -2.81. The molecule has 2 saturated heterocycles. The molecule has 4 aliphatic rings. The van der Waals surface area contributed by atoms with Crippen molar-refractivity contribution in [1.82, 2.24) is 4.90 Å². The van der Waals surface area contributed by atoms with Crippen molar-refractivity contribution in [3.05, 3.63) is 46.8 Å². The van der Waals surface area contributed by atoms with Crippen molar-refractivity contribution in [1.29, 1.82) is 0 Å². The van der Waals surface area contributed by atoms with E-state index in [4.69, 9.17) is 14.6 Å². The molecule has 7 rings (SSSR count). The first kappa shape index (κ1) is 30.8. The van der Waals surface area contributed by atoms with Crippen LogP contribution in [0.5, 0.6) is 5.75 Å². The molecule has 3 heterocycles. The maximum atomic E-state index is 11.7. The molecule has 0 atom stereocenters. The Bertz CT molecular complexity index is 1700. The van der Waals surface area contributed by atoms with Gasteiger partial charge in [-0.3, -0.25) is 0 Å². The molecule has 2 aliphatic heterocycles. The van der Waals surface area contributed by atoms with E-state index in [0.717, 1.165) is 36.5 Å². The van der Waals surface area contributed by atoms with Crippen molar-refractivity contribution in [2.75, 3.05) is 50.6 Å². The Morgan fingerprint density at radius 2 is 1.84 bits per heavy atom. The van der Waals surface area contributed by atoms with Crippen LogP contribution in [0.4, 0.5) is 11.4 Å². The third-order valence-electron chi connectivity index (χ3n) is 10.3. The quantitative estimate of drug-likeness (QED) is 0.252. The number of primary sulfonamides is 1. The number of ether oxygens (including phenoxy) is 2. The van der Waals surface area contributed by atoms with Gasteiger partial charge < -0.3 is 25.0 Å². The van der Waals surface area contributed by atoms with E-state index in [2.05, 4.69) is 45.6 Å². The number of thiophene rings is 1. The summed E-state index contributed by atoms with van der Waals surface area (Å²) >= 11 is 1.81. The number of nitrogens with two attached hydrogens (primary N) is 1. The highest BCUT2D eigenvalue weighted by Gasteiger charge is 2.42. The molecule has 1 aromatic heterocycles. The van der Waals surface area contributed by atoms with E-state index in [1.807, 2.05) is 11.3 Å². The van der Waals surface area contributed by atoms with Gasteiger partial charge in [0.2, 0.25) is 10.0 Å². The predicted octanol–water partition coefficient (Wildman–Crippen LogP) is 5.81. The molecule has 45 heavy (non-hydrogen) atoms. The molecule has 4 N–H and O–H groups in total. The molecule has 240 valence electrons. The van der Waals surface area contributed by atoms with Gasteiger partial charge >= 0.3 is 0 Å². The maximum absolute atomic E-state index is 11.7. The number of hydrogen-bond acceptors (Lipinski definition) is 8. The van der Waals surface area contributed by atoms with Gasteiger partial charge in [-0.1, -0.05) is 24.0 Å². The van der Waals surface area contributed by atoms with Gasteiger partial charge in [-0.05, 0) is 106 Å². The minimum Gasteiger partial charge on any atom is -0.495 e. The van der Waals surface area contributed by atoms with Crippen LogP contribution in [0.1, 0.15) is 61.8 Å². The van der Waals surface area contributed by atoms with E-state index in [1.54, 1.807) is 6.07 Å². The van der Waals surface area contributed by atoms with Crippen LogP contribution in [-0.4, -0.2) is 65.4 Å². The van der Waals surface area contributed by atoms with Gasteiger partial charge in [0, 0.05) is 23.6 Å². The Labute approximate surface area is 271 Å². The van der Waals surface area contributed by atoms with E-state index in [-0.39, 0.29) is 4.90 Å². The smallest absolute Gasteiger partial charge is 0.238 e. The summed E-state index contributed by atoms with van der Waals surface area (Å²) < 4.78 is 35.7. The largest absolute Gasteiger partial charge is 0.495 e. The number of sulfonamides is 1. The minimum absolute atomic E-state index is 0.0167. The van der Waals surface area contributed by atoms with Gasteiger partial charge in [-0.2, -0.15) is 0 Å². The Morgan fingerprint density at radius 3 is 2.51 bits per heavy atom. The van der Waals surface area contributed by atoms with Crippen LogP contribution >= 0.6 is 11.3 Å². The topological polar surface area (TPSA) is 106 Å². The fourth-order valence-electron chi connectivity index (χ4n) is 7.31. The molecule has 0 radical (unpaired) electrons. The minimum atomic E-state index is -3.80. The van der Waals surface area contributed by atoms with Crippen molar-refractivity contribution < 1.29 is 17.9 Å². The number of nitrogens with one attached hydrogen (secondary N) is 2. The van der Waals surface area contributed by atoms with Crippen molar-refractivity contribution >= 4 is 42.8 Å². The summed E-state index contributed by atoms with van der Waals surface area (Å²) in [6.45, 7) is 4.84. The highest BCUT2D eigenvalue weighted by atomic mass is 32.2. The monoisotopic (exact) mass is 648 g/mol. The third kappa shape index (κ3) is 6.84. The molecule has 4 fully saturated rings. The number of nitrogens with zero attached hydrogens (tertiary/aromatic N) is 1. The van der Waals surface area contributed by atoms with Crippen LogP contribution < -0.4 is 20.5 Å². The number of methoxy groups -OCH3 is 1. The number of fused-ring (bicyclic) bond motifs is 1. The summed E-state index contributed by atoms with van der Waals surface area (Å²) in [7, 11) is -2.30. The zero-order valence-corrected chi connectivity index (χ0v) is 27.7. The molecule has 8 nitrogen and oxygen atoms in total. The maximum Gasteiger partial charge on any atom is 0.238 e. The number of benzene rings is 2. The van der Waals surface area contributed by atoms with Gasteiger partial charge in [0.1, 0.15) is 5.75 Å². The number of anilines is 2. The highest BCUT2D eigenvalue weighted by molar-refractivity contribution is 7.89. The second-order valence-corrected chi connectivity index (χ2v) is 16.1. The molecule has 3 aromatic rings. The number of piperidine rings is 1. The molecule has 10 heteroatoms. The van der Waals surface area contributed by atoms with E-state index in [0.29, 0.717) is 29.4 Å². The summed E-state index contributed by atoms with van der Waals surface area (Å²) in [4.78, 5) is 3.93. The van der Waals surface area contributed by atoms with Gasteiger partial charge in [0.05, 0.1) is 52.7 Å². The van der Waals surface area contributed by atoms with Gasteiger partial charge in [0.15, 0.2) is 0 Å². The molecule has 2 aromatic carbocycles. The number of rotatable bonds is 9. The molecule has 0 unspecified atom stereocenters. The molecule has 1 spiro atoms. The van der Waals surface area contributed by atoms with Gasteiger partial charge in [-0.15, -0.1) is 11.3 Å². The van der Waals surface area contributed by atoms with Crippen LogP contribution in [0, 0.1) is 23.2 Å². The molecule has 0 bridgehead atoms. The van der Waals surface area contributed by atoms with Crippen LogP contribution in [0.25, 0.3) is 10.1 Å². The molecule has 2 aliphatic carbocycles. The molecule has 2 saturated carbocycles. The first-order valence-electron chi connectivity index (χ1n) is 16.4. The summed E-state index contributed by atoms with van der Waals surface area (Å²) in [5.74, 6) is 7.96. The van der Waals surface area contributed by atoms with Crippen LogP contribution in [-0.2, 0) is 21.2 Å². The summed E-state index contributed by atoms with van der Waals surface area (Å²) in [6.07, 6.45) is 11.3. The summed E-state index contributed by atoms with van der Waals surface area (Å²) in [5, 5.41) is 13.8. The van der Waals surface area contributed by atoms with Gasteiger partial charge in [0.25, 0.3) is 0 Å². The lowest BCUT2D eigenvalue weighted by Crippen LogP contribution is -2.53. The van der Waals surface area contributed by atoms with Crippen molar-refractivity contribution in [2.45, 2.75) is 74.8 Å². The lowest BCUT2D eigenvalue weighted by atomic mass is 9.76. The lowest BCUT2D eigenvalue weighted by Gasteiger charge is -2.49. The average Bonchev–Trinajstić information content (AvgIpc) is 3.79. The second-order valence-electron chi connectivity index (χ2n) is 13.5. The van der Waals surface area contributed by atoms with E-state index < -0.39 is 10.0 Å². The van der Waals surface area contributed by atoms with E-state index in [1.165, 1.54) is 105 Å². The van der Waals surface area contributed by atoms with E-state index >= 15 is 0 Å². The fraction of sp³-hybridized carbons (Fsp3) is 0.543. The highest BCUT2D eigenvalue weighted by Crippen LogP contribution is 2.43. The summed E-state index contributed by atoms with van der Waals surface area (Å²) in [6, 6.07) is 12.5. The van der Waals surface area contributed by atoms with Crippen LogP contribution in [0.15, 0.2) is 41.3 Å². The van der Waals surface area contributed by atoms with Crippen molar-refractivity contribution in [3.8, 4) is 17.6 Å². The molecular weight excluding hydrogens is 605 g/mol. The predicted molar refractivity (Wildman–Crippen MR) is 182 cm³/mol. The summed E-state index contributed by atoms with van der Waals surface area (Å²) in [5.41, 5.74) is 3.80. The standard InChI is InChI=1S/C35H44N4O4S2/c1-42-32-21-27(45(36,40)41)13-14-30(32)37-17-3-6-33-29(20-24-7-8-24)28-4-2-5-31(34(28)44-33)38-25-9-11-26(12-10-25)39-18-15-35(16-19-39)22-43-23-35/h2,4-5,13-14,21,24-26,37-38H,7-12,15-20,22-23H2,1H3,(H2,36,40,41).